The zero-order valence-electron chi connectivity index (χ0n) is 18.1. The summed E-state index contributed by atoms with van der Waals surface area (Å²) in [6.45, 7) is 15.0. The number of hydrogen-bond acceptors (Lipinski definition) is 4. The van der Waals surface area contributed by atoms with Crippen LogP contribution in [0.2, 0.25) is 0 Å². The molecule has 0 radical (unpaired) electrons. The monoisotopic (exact) mass is 372 g/mol. The van der Waals surface area contributed by atoms with Crippen LogP contribution in [-0.2, 0) is 32.0 Å². The van der Waals surface area contributed by atoms with E-state index in [9.17, 15) is 19.2 Å². The summed E-state index contributed by atoms with van der Waals surface area (Å²) in [5.41, 5.74) is 2.70. The Balaban J connectivity index is 3.59. The lowest BCUT2D eigenvalue weighted by Gasteiger charge is -2.29. The summed E-state index contributed by atoms with van der Waals surface area (Å²) in [5, 5.41) is 0. The van der Waals surface area contributed by atoms with Gasteiger partial charge in [0.05, 0.1) is 10.8 Å². The van der Waals surface area contributed by atoms with Crippen LogP contribution in [0.15, 0.2) is 6.07 Å². The molecular formula is C23H32O4. The Kier molecular flexibility index (Phi) is 6.69. The van der Waals surface area contributed by atoms with Gasteiger partial charge in [-0.15, -0.1) is 0 Å². The van der Waals surface area contributed by atoms with Gasteiger partial charge in [-0.25, -0.2) is 0 Å². The SMILES string of the molecule is CC(=O)C(C)(Cc1c(C)cc(C)c(CC(C)(C(C)=O)C(C)=O)c1C)C(C)=O. The lowest BCUT2D eigenvalue weighted by Crippen LogP contribution is -2.37. The van der Waals surface area contributed by atoms with E-state index in [-0.39, 0.29) is 23.1 Å². The predicted molar refractivity (Wildman–Crippen MR) is 107 cm³/mol. The molecule has 0 aliphatic carbocycles. The topological polar surface area (TPSA) is 68.3 Å². The van der Waals surface area contributed by atoms with E-state index in [4.69, 9.17) is 0 Å². The highest BCUT2D eigenvalue weighted by molar-refractivity contribution is 6.05. The van der Waals surface area contributed by atoms with Crippen molar-refractivity contribution >= 4 is 23.1 Å². The first-order valence-electron chi connectivity index (χ1n) is 9.31. The van der Waals surface area contributed by atoms with Gasteiger partial charge < -0.3 is 0 Å². The summed E-state index contributed by atoms with van der Waals surface area (Å²) >= 11 is 0. The largest absolute Gasteiger partial charge is 0.299 e. The van der Waals surface area contributed by atoms with Crippen molar-refractivity contribution in [2.75, 3.05) is 0 Å². The van der Waals surface area contributed by atoms with Crippen LogP contribution in [0.3, 0.4) is 0 Å². The molecule has 1 aromatic rings. The van der Waals surface area contributed by atoms with Crippen molar-refractivity contribution in [2.45, 2.75) is 75.2 Å². The molecule has 0 saturated heterocycles. The molecule has 4 heteroatoms. The number of benzene rings is 1. The standard InChI is InChI=1S/C23H32O4/c1-13-10-14(2)21(12-23(9,18(6)26)19(7)27)15(3)20(13)11-22(8,16(4)24)17(5)25/h10H,11-12H2,1-9H3. The quantitative estimate of drug-likeness (QED) is 0.645. The Morgan fingerprint density at radius 1 is 0.667 bits per heavy atom. The van der Waals surface area contributed by atoms with Gasteiger partial charge in [0.2, 0.25) is 0 Å². The Morgan fingerprint density at radius 2 is 0.926 bits per heavy atom. The fourth-order valence-corrected chi connectivity index (χ4v) is 3.52. The van der Waals surface area contributed by atoms with Crippen LogP contribution < -0.4 is 0 Å². The summed E-state index contributed by atoms with van der Waals surface area (Å²) in [4.78, 5) is 48.7. The van der Waals surface area contributed by atoms with Gasteiger partial charge in [0.25, 0.3) is 0 Å². The van der Waals surface area contributed by atoms with Gasteiger partial charge in [0.15, 0.2) is 0 Å². The van der Waals surface area contributed by atoms with Crippen molar-refractivity contribution in [3.05, 3.63) is 33.9 Å². The summed E-state index contributed by atoms with van der Waals surface area (Å²) in [5.74, 6) is -0.636. The van der Waals surface area contributed by atoms with Crippen molar-refractivity contribution in [3.8, 4) is 0 Å². The first-order chi connectivity index (χ1) is 12.2. The summed E-state index contributed by atoms with van der Waals surface area (Å²) in [6, 6.07) is 2.01. The zero-order chi connectivity index (χ0) is 21.3. The lowest BCUT2D eigenvalue weighted by molar-refractivity contribution is -0.138. The van der Waals surface area contributed by atoms with E-state index in [1.807, 2.05) is 26.8 Å². The molecule has 0 atom stereocenters. The molecule has 0 saturated carbocycles. The molecule has 0 aromatic heterocycles. The Morgan fingerprint density at radius 3 is 1.15 bits per heavy atom. The van der Waals surface area contributed by atoms with E-state index in [0.29, 0.717) is 12.8 Å². The number of hydrogen-bond donors (Lipinski definition) is 0. The number of rotatable bonds is 8. The summed E-state index contributed by atoms with van der Waals surface area (Å²) in [7, 11) is 0. The van der Waals surface area contributed by atoms with Crippen molar-refractivity contribution in [1.82, 2.24) is 0 Å². The molecule has 0 bridgehead atoms. The van der Waals surface area contributed by atoms with E-state index >= 15 is 0 Å². The smallest absolute Gasteiger partial charge is 0.143 e. The van der Waals surface area contributed by atoms with Crippen molar-refractivity contribution in [3.63, 3.8) is 0 Å². The van der Waals surface area contributed by atoms with Crippen molar-refractivity contribution < 1.29 is 19.2 Å². The molecule has 4 nitrogen and oxygen atoms in total. The van der Waals surface area contributed by atoms with Gasteiger partial charge >= 0.3 is 0 Å². The molecular weight excluding hydrogens is 340 g/mol. The first kappa shape index (κ1) is 22.9. The fourth-order valence-electron chi connectivity index (χ4n) is 3.52. The minimum absolute atomic E-state index is 0.159. The Bertz CT molecular complexity index is 722. The van der Waals surface area contributed by atoms with Crippen LogP contribution in [0.25, 0.3) is 0 Å². The van der Waals surface area contributed by atoms with Crippen molar-refractivity contribution in [2.24, 2.45) is 10.8 Å². The minimum atomic E-state index is -1.08. The highest BCUT2D eigenvalue weighted by Gasteiger charge is 2.38. The highest BCUT2D eigenvalue weighted by atomic mass is 16.2. The maximum Gasteiger partial charge on any atom is 0.143 e. The second kappa shape index (κ2) is 7.87. The molecule has 1 aromatic carbocycles. The third kappa shape index (κ3) is 4.26. The number of carbonyl (C=O) groups is 4. The van der Waals surface area contributed by atoms with Crippen LogP contribution in [0.5, 0.6) is 0 Å². The van der Waals surface area contributed by atoms with Gasteiger partial charge in [-0.3, -0.25) is 19.2 Å². The van der Waals surface area contributed by atoms with Crippen LogP contribution in [-0.4, -0.2) is 23.1 Å². The lowest BCUT2D eigenvalue weighted by atomic mass is 9.72. The van der Waals surface area contributed by atoms with E-state index in [0.717, 1.165) is 27.8 Å². The van der Waals surface area contributed by atoms with E-state index < -0.39 is 10.8 Å². The van der Waals surface area contributed by atoms with Crippen LogP contribution in [0.4, 0.5) is 0 Å². The second-order valence-corrected chi connectivity index (χ2v) is 8.33. The molecule has 0 aliphatic heterocycles. The molecule has 0 heterocycles. The van der Waals surface area contributed by atoms with Gasteiger partial charge in [0, 0.05) is 0 Å². The Labute approximate surface area is 162 Å². The van der Waals surface area contributed by atoms with E-state index in [1.54, 1.807) is 13.8 Å². The molecule has 0 fully saturated rings. The predicted octanol–water partition coefficient (Wildman–Crippen LogP) is 4.07. The molecule has 0 spiro atoms. The number of carbonyl (C=O) groups excluding carboxylic acids is 4. The highest BCUT2D eigenvalue weighted by Crippen LogP contribution is 2.34. The third-order valence-corrected chi connectivity index (χ3v) is 6.46. The summed E-state index contributed by atoms with van der Waals surface area (Å²) < 4.78 is 0. The maximum atomic E-state index is 12.2. The average molecular weight is 373 g/mol. The zero-order valence-corrected chi connectivity index (χ0v) is 18.1. The van der Waals surface area contributed by atoms with E-state index in [1.165, 1.54) is 27.7 Å². The van der Waals surface area contributed by atoms with Gasteiger partial charge in [0.1, 0.15) is 23.1 Å². The molecule has 148 valence electrons. The molecule has 27 heavy (non-hydrogen) atoms. The number of Topliss-reactive ketones (excluding diaryl/α,β-unsaturated/α-hetero) is 4. The van der Waals surface area contributed by atoms with Crippen LogP contribution in [0, 0.1) is 31.6 Å². The molecule has 0 amide bonds. The molecule has 0 N–H and O–H groups in total. The van der Waals surface area contributed by atoms with Crippen LogP contribution >= 0.6 is 0 Å². The van der Waals surface area contributed by atoms with Gasteiger partial charge in [-0.05, 0) is 103 Å². The van der Waals surface area contributed by atoms with Crippen LogP contribution in [0.1, 0.15) is 69.4 Å². The summed E-state index contributed by atoms with van der Waals surface area (Å²) in [6.07, 6.45) is 0.638. The third-order valence-electron chi connectivity index (χ3n) is 6.46. The van der Waals surface area contributed by atoms with E-state index in [2.05, 4.69) is 0 Å². The first-order valence-corrected chi connectivity index (χ1v) is 9.31. The fraction of sp³-hybridized carbons (Fsp3) is 0.565. The average Bonchev–Trinajstić information content (AvgIpc) is 2.53. The number of aryl methyl sites for hydroxylation is 2. The Hall–Kier alpha value is -2.10. The normalized spacial score (nSPS) is 12.0. The molecule has 0 aliphatic rings. The van der Waals surface area contributed by atoms with Crippen molar-refractivity contribution in [1.29, 1.82) is 0 Å². The molecule has 0 unspecified atom stereocenters. The van der Waals surface area contributed by atoms with Gasteiger partial charge in [-0.2, -0.15) is 0 Å². The maximum absolute atomic E-state index is 12.2. The van der Waals surface area contributed by atoms with Gasteiger partial charge in [-0.1, -0.05) is 6.07 Å². The molecule has 1 rings (SSSR count). The minimum Gasteiger partial charge on any atom is -0.299 e. The second-order valence-electron chi connectivity index (χ2n) is 8.33. The number of ketones is 4.